The van der Waals surface area contributed by atoms with Crippen LogP contribution in [0.2, 0.25) is 0 Å². The van der Waals surface area contributed by atoms with Crippen molar-refractivity contribution >= 4 is 0 Å². The molecule has 2 aromatic carbocycles. The molecule has 0 radical (unpaired) electrons. The van der Waals surface area contributed by atoms with Crippen LogP contribution in [0.25, 0.3) is 0 Å². The maximum absolute atomic E-state index is 13.9. The number of aliphatic hydroxyl groups excluding tert-OH is 1. The van der Waals surface area contributed by atoms with Gasteiger partial charge in [0.05, 0.1) is 6.10 Å². The number of hydrogen-bond donors (Lipinski definition) is 1. The Hall–Kier alpha value is -1.87. The molecular formula is C16H17FO2. The maximum Gasteiger partial charge on any atom is 0.165 e. The normalized spacial score (nSPS) is 13.9. The van der Waals surface area contributed by atoms with Crippen LogP contribution in [0.3, 0.4) is 0 Å². The standard InChI is InChI=1S/C16H17FO2/c1-11(18)14-8-9-16(15(17)10-14)19-12(2)13-6-4-3-5-7-13/h3-12,18H,1-2H3/t11-,12?/m1/s1. The molecule has 19 heavy (non-hydrogen) atoms. The van der Waals surface area contributed by atoms with Crippen molar-refractivity contribution in [2.45, 2.75) is 26.1 Å². The molecule has 0 aliphatic heterocycles. The fourth-order valence-corrected chi connectivity index (χ4v) is 1.86. The summed E-state index contributed by atoms with van der Waals surface area (Å²) < 4.78 is 19.5. The second-order valence-electron chi connectivity index (χ2n) is 4.54. The molecule has 3 heteroatoms. The first kappa shape index (κ1) is 13.6. The molecule has 0 spiro atoms. The van der Waals surface area contributed by atoms with E-state index in [9.17, 15) is 9.50 Å². The van der Waals surface area contributed by atoms with Crippen molar-refractivity contribution in [2.75, 3.05) is 0 Å². The average Bonchev–Trinajstić information content (AvgIpc) is 2.41. The van der Waals surface area contributed by atoms with Crippen molar-refractivity contribution in [3.05, 3.63) is 65.5 Å². The minimum atomic E-state index is -0.685. The summed E-state index contributed by atoms with van der Waals surface area (Å²) >= 11 is 0. The van der Waals surface area contributed by atoms with Gasteiger partial charge >= 0.3 is 0 Å². The molecule has 100 valence electrons. The van der Waals surface area contributed by atoms with E-state index in [2.05, 4.69) is 0 Å². The molecule has 2 aromatic rings. The van der Waals surface area contributed by atoms with Gasteiger partial charge in [-0.25, -0.2) is 4.39 Å². The zero-order valence-electron chi connectivity index (χ0n) is 11.0. The molecule has 2 nitrogen and oxygen atoms in total. The van der Waals surface area contributed by atoms with Crippen molar-refractivity contribution in [1.29, 1.82) is 0 Å². The molecule has 0 bridgehead atoms. The third-order valence-corrected chi connectivity index (χ3v) is 3.01. The van der Waals surface area contributed by atoms with Crippen LogP contribution in [0.15, 0.2) is 48.5 Å². The van der Waals surface area contributed by atoms with Gasteiger partial charge in [0.25, 0.3) is 0 Å². The smallest absolute Gasteiger partial charge is 0.165 e. The van der Waals surface area contributed by atoms with Crippen LogP contribution in [-0.4, -0.2) is 5.11 Å². The fourth-order valence-electron chi connectivity index (χ4n) is 1.86. The summed E-state index contributed by atoms with van der Waals surface area (Å²) in [5.41, 5.74) is 1.53. The lowest BCUT2D eigenvalue weighted by Gasteiger charge is -2.16. The van der Waals surface area contributed by atoms with Crippen molar-refractivity contribution < 1.29 is 14.2 Å². The summed E-state index contributed by atoms with van der Waals surface area (Å²) in [6.45, 7) is 3.47. The van der Waals surface area contributed by atoms with E-state index in [0.29, 0.717) is 5.56 Å². The predicted molar refractivity (Wildman–Crippen MR) is 72.5 cm³/mol. The van der Waals surface area contributed by atoms with Crippen LogP contribution in [0, 0.1) is 5.82 Å². The van der Waals surface area contributed by atoms with Gasteiger partial charge < -0.3 is 9.84 Å². The Bertz CT molecular complexity index is 538. The van der Waals surface area contributed by atoms with Gasteiger partial charge in [-0.15, -0.1) is 0 Å². The minimum absolute atomic E-state index is 0.195. The largest absolute Gasteiger partial charge is 0.483 e. The van der Waals surface area contributed by atoms with Crippen molar-refractivity contribution in [3.63, 3.8) is 0 Å². The zero-order valence-corrected chi connectivity index (χ0v) is 11.0. The van der Waals surface area contributed by atoms with Gasteiger partial charge in [-0.05, 0) is 37.1 Å². The molecule has 2 rings (SSSR count). The topological polar surface area (TPSA) is 29.5 Å². The SMILES string of the molecule is CC(Oc1ccc([C@@H](C)O)cc1F)c1ccccc1. The van der Waals surface area contributed by atoms with Gasteiger partial charge in [-0.2, -0.15) is 0 Å². The molecule has 0 aliphatic carbocycles. The summed E-state index contributed by atoms with van der Waals surface area (Å²) in [6.07, 6.45) is -0.914. The van der Waals surface area contributed by atoms with Crippen molar-refractivity contribution in [2.24, 2.45) is 0 Å². The van der Waals surface area contributed by atoms with Crippen LogP contribution in [0.5, 0.6) is 5.75 Å². The van der Waals surface area contributed by atoms with Crippen LogP contribution in [0.1, 0.15) is 37.2 Å². The highest BCUT2D eigenvalue weighted by Gasteiger charge is 2.12. The number of rotatable bonds is 4. The second-order valence-corrected chi connectivity index (χ2v) is 4.54. The molecule has 0 aliphatic rings. The number of halogens is 1. The van der Waals surface area contributed by atoms with Gasteiger partial charge in [-0.3, -0.25) is 0 Å². The molecule has 0 aromatic heterocycles. The summed E-state index contributed by atoms with van der Waals surface area (Å²) in [7, 11) is 0. The van der Waals surface area contributed by atoms with Gasteiger partial charge in [0.1, 0.15) is 6.10 Å². The molecule has 0 saturated carbocycles. The summed E-state index contributed by atoms with van der Waals surface area (Å²) in [4.78, 5) is 0. The predicted octanol–water partition coefficient (Wildman–Crippen LogP) is 4.02. The third-order valence-electron chi connectivity index (χ3n) is 3.01. The Balaban J connectivity index is 2.15. The molecule has 1 unspecified atom stereocenters. The highest BCUT2D eigenvalue weighted by Crippen LogP contribution is 2.26. The lowest BCUT2D eigenvalue weighted by Crippen LogP contribution is -2.04. The van der Waals surface area contributed by atoms with E-state index in [1.807, 2.05) is 37.3 Å². The number of aliphatic hydroxyl groups is 1. The first-order valence-electron chi connectivity index (χ1n) is 6.27. The van der Waals surface area contributed by atoms with Gasteiger partial charge in [0, 0.05) is 0 Å². The van der Waals surface area contributed by atoms with E-state index in [-0.39, 0.29) is 11.9 Å². The molecule has 2 atom stereocenters. The van der Waals surface area contributed by atoms with Crippen molar-refractivity contribution in [1.82, 2.24) is 0 Å². The molecular weight excluding hydrogens is 243 g/mol. The Morgan fingerprint density at radius 2 is 1.68 bits per heavy atom. The highest BCUT2D eigenvalue weighted by atomic mass is 19.1. The Morgan fingerprint density at radius 1 is 1.00 bits per heavy atom. The minimum Gasteiger partial charge on any atom is -0.483 e. The summed E-state index contributed by atoms with van der Waals surface area (Å²) in [5, 5.41) is 9.39. The first-order valence-corrected chi connectivity index (χ1v) is 6.27. The van der Waals surface area contributed by atoms with Crippen LogP contribution in [-0.2, 0) is 0 Å². The van der Waals surface area contributed by atoms with E-state index >= 15 is 0 Å². The van der Waals surface area contributed by atoms with Gasteiger partial charge in [0.15, 0.2) is 11.6 Å². The molecule has 0 saturated heterocycles. The zero-order chi connectivity index (χ0) is 13.8. The van der Waals surface area contributed by atoms with E-state index in [4.69, 9.17) is 4.74 Å². The molecule has 0 heterocycles. The number of hydrogen-bond acceptors (Lipinski definition) is 2. The van der Waals surface area contributed by atoms with Crippen LogP contribution in [0.4, 0.5) is 4.39 Å². The molecule has 0 amide bonds. The Morgan fingerprint density at radius 3 is 2.26 bits per heavy atom. The van der Waals surface area contributed by atoms with E-state index in [1.54, 1.807) is 19.1 Å². The second kappa shape index (κ2) is 5.85. The van der Waals surface area contributed by atoms with E-state index in [0.717, 1.165) is 5.56 Å². The first-order chi connectivity index (χ1) is 9.08. The average molecular weight is 260 g/mol. The molecule has 1 N–H and O–H groups in total. The van der Waals surface area contributed by atoms with Gasteiger partial charge in [0.2, 0.25) is 0 Å². The van der Waals surface area contributed by atoms with E-state index in [1.165, 1.54) is 6.07 Å². The Kier molecular flexibility index (Phi) is 4.17. The third kappa shape index (κ3) is 3.32. The van der Waals surface area contributed by atoms with Crippen LogP contribution >= 0.6 is 0 Å². The number of ether oxygens (including phenoxy) is 1. The van der Waals surface area contributed by atoms with Crippen LogP contribution < -0.4 is 4.74 Å². The van der Waals surface area contributed by atoms with Gasteiger partial charge in [-0.1, -0.05) is 36.4 Å². The maximum atomic E-state index is 13.9. The fraction of sp³-hybridized carbons (Fsp3) is 0.250. The number of benzene rings is 2. The Labute approximate surface area is 112 Å². The van der Waals surface area contributed by atoms with E-state index < -0.39 is 11.9 Å². The summed E-state index contributed by atoms with van der Waals surface area (Å²) in [6, 6.07) is 14.2. The van der Waals surface area contributed by atoms with Crippen molar-refractivity contribution in [3.8, 4) is 5.75 Å². The lowest BCUT2D eigenvalue weighted by atomic mass is 10.1. The highest BCUT2D eigenvalue weighted by molar-refractivity contribution is 5.31. The lowest BCUT2D eigenvalue weighted by molar-refractivity contribution is 0.196. The quantitative estimate of drug-likeness (QED) is 0.899. The monoisotopic (exact) mass is 260 g/mol. The molecule has 0 fully saturated rings. The summed E-state index contributed by atoms with van der Waals surface area (Å²) in [5.74, 6) is -0.262.